The van der Waals surface area contributed by atoms with E-state index in [0.717, 1.165) is 0 Å². The van der Waals surface area contributed by atoms with Gasteiger partial charge in [0, 0.05) is 6.42 Å². The van der Waals surface area contributed by atoms with Gasteiger partial charge in [0.15, 0.2) is 11.6 Å². The molecule has 0 aliphatic heterocycles. The Bertz CT molecular complexity index is 336. The summed E-state index contributed by atoms with van der Waals surface area (Å²) in [7, 11) is 0. The van der Waals surface area contributed by atoms with Crippen LogP contribution in [0.25, 0.3) is 0 Å². The number of nitrogens with zero attached hydrogens (tertiary/aromatic N) is 1. The maximum atomic E-state index is 12.8. The van der Waals surface area contributed by atoms with E-state index in [9.17, 15) is 4.39 Å². The van der Waals surface area contributed by atoms with Gasteiger partial charge >= 0.3 is 0 Å². The van der Waals surface area contributed by atoms with E-state index < -0.39 is 5.82 Å². The van der Waals surface area contributed by atoms with Crippen LogP contribution in [0.3, 0.4) is 0 Å². The molecule has 70 valence electrons. The molecule has 4 heteroatoms. The number of hydrogen-bond acceptors (Lipinski definition) is 3. The zero-order valence-electron chi connectivity index (χ0n) is 7.16. The van der Waals surface area contributed by atoms with Crippen molar-refractivity contribution in [1.82, 2.24) is 0 Å². The first-order valence-corrected chi connectivity index (χ1v) is 3.78. The van der Waals surface area contributed by atoms with Crippen molar-refractivity contribution in [2.45, 2.75) is 13.3 Å². The number of benzene rings is 1. The molecule has 0 aliphatic carbocycles. The van der Waals surface area contributed by atoms with Crippen molar-refractivity contribution < 1.29 is 14.7 Å². The van der Waals surface area contributed by atoms with Gasteiger partial charge in [-0.25, -0.2) is 4.39 Å². The second-order valence-corrected chi connectivity index (χ2v) is 2.80. The predicted octanol–water partition coefficient (Wildman–Crippen LogP) is 1.92. The van der Waals surface area contributed by atoms with E-state index in [0.29, 0.717) is 17.7 Å². The Kier molecular flexibility index (Phi) is 2.84. The zero-order chi connectivity index (χ0) is 9.84. The molecule has 3 nitrogen and oxygen atoms in total. The normalized spacial score (nSPS) is 11.7. The molecule has 0 atom stereocenters. The van der Waals surface area contributed by atoms with Gasteiger partial charge in [-0.2, -0.15) is 0 Å². The molecule has 0 unspecified atom stereocenters. The van der Waals surface area contributed by atoms with Gasteiger partial charge in [0.1, 0.15) is 0 Å². The lowest BCUT2D eigenvalue weighted by Gasteiger charge is -2.00. The first kappa shape index (κ1) is 9.51. The predicted molar refractivity (Wildman–Crippen MR) is 46.7 cm³/mol. The fraction of sp³-hybridized carbons (Fsp3) is 0.222. The molecule has 0 fully saturated rings. The van der Waals surface area contributed by atoms with Crippen molar-refractivity contribution in [2.75, 3.05) is 0 Å². The Balaban J connectivity index is 2.86. The molecule has 0 radical (unpaired) electrons. The number of aromatic hydroxyl groups is 1. The first-order valence-electron chi connectivity index (χ1n) is 3.78. The monoisotopic (exact) mass is 183 g/mol. The van der Waals surface area contributed by atoms with Gasteiger partial charge in [0.25, 0.3) is 0 Å². The Morgan fingerprint density at radius 3 is 2.77 bits per heavy atom. The third kappa shape index (κ3) is 2.43. The summed E-state index contributed by atoms with van der Waals surface area (Å²) < 4.78 is 12.8. The standard InChI is InChI=1S/C9H10FNO2/c1-6(11-13)4-7-2-3-9(12)8(10)5-7/h2-3,5,12-13H,4H2,1H3/b11-6+. The molecule has 0 saturated heterocycles. The van der Waals surface area contributed by atoms with Gasteiger partial charge in [-0.1, -0.05) is 11.2 Å². The summed E-state index contributed by atoms with van der Waals surface area (Å²) in [6, 6.07) is 4.06. The minimum atomic E-state index is -0.664. The Labute approximate surface area is 75.1 Å². The summed E-state index contributed by atoms with van der Waals surface area (Å²) in [4.78, 5) is 0. The van der Waals surface area contributed by atoms with Gasteiger partial charge < -0.3 is 10.3 Å². The van der Waals surface area contributed by atoms with Crippen LogP contribution in [0.2, 0.25) is 0 Å². The number of rotatable bonds is 2. The van der Waals surface area contributed by atoms with Crippen LogP contribution in [0.15, 0.2) is 23.4 Å². The molecular weight excluding hydrogens is 173 g/mol. The Morgan fingerprint density at radius 2 is 2.23 bits per heavy atom. The average Bonchev–Trinajstić information content (AvgIpc) is 2.11. The van der Waals surface area contributed by atoms with Crippen LogP contribution in [0.4, 0.5) is 4.39 Å². The average molecular weight is 183 g/mol. The topological polar surface area (TPSA) is 52.8 Å². The van der Waals surface area contributed by atoms with Crippen LogP contribution in [-0.2, 0) is 6.42 Å². The van der Waals surface area contributed by atoms with E-state index in [2.05, 4.69) is 5.16 Å². The Morgan fingerprint density at radius 1 is 1.54 bits per heavy atom. The van der Waals surface area contributed by atoms with Crippen LogP contribution < -0.4 is 0 Å². The molecule has 0 amide bonds. The number of phenols is 1. The molecule has 2 N–H and O–H groups in total. The first-order chi connectivity index (χ1) is 6.13. The smallest absolute Gasteiger partial charge is 0.165 e. The fourth-order valence-electron chi connectivity index (χ4n) is 0.991. The summed E-state index contributed by atoms with van der Waals surface area (Å²) >= 11 is 0. The molecule has 0 heterocycles. The van der Waals surface area contributed by atoms with Gasteiger partial charge in [-0.05, 0) is 24.6 Å². The van der Waals surface area contributed by atoms with Crippen molar-refractivity contribution >= 4 is 5.71 Å². The lowest BCUT2D eigenvalue weighted by molar-refractivity contribution is 0.317. The molecule has 0 aliphatic rings. The molecule has 0 bridgehead atoms. The molecule has 13 heavy (non-hydrogen) atoms. The highest BCUT2D eigenvalue weighted by molar-refractivity contribution is 5.83. The van der Waals surface area contributed by atoms with Crippen LogP contribution in [-0.4, -0.2) is 16.0 Å². The molecule has 0 saturated carbocycles. The van der Waals surface area contributed by atoms with Crippen LogP contribution in [0.5, 0.6) is 5.75 Å². The second-order valence-electron chi connectivity index (χ2n) is 2.80. The summed E-state index contributed by atoms with van der Waals surface area (Å²) in [5.74, 6) is -1.04. The van der Waals surface area contributed by atoms with Crippen molar-refractivity contribution in [2.24, 2.45) is 5.16 Å². The minimum absolute atomic E-state index is 0.369. The van der Waals surface area contributed by atoms with Crippen molar-refractivity contribution in [3.05, 3.63) is 29.6 Å². The quantitative estimate of drug-likeness (QED) is 0.418. The highest BCUT2D eigenvalue weighted by Crippen LogP contribution is 2.16. The third-order valence-corrected chi connectivity index (χ3v) is 1.64. The number of phenolic OH excluding ortho intramolecular Hbond substituents is 1. The Hall–Kier alpha value is -1.58. The maximum absolute atomic E-state index is 12.8. The lowest BCUT2D eigenvalue weighted by atomic mass is 10.1. The number of hydrogen-bond donors (Lipinski definition) is 2. The highest BCUT2D eigenvalue weighted by atomic mass is 19.1. The van der Waals surface area contributed by atoms with Gasteiger partial charge in [-0.3, -0.25) is 0 Å². The third-order valence-electron chi connectivity index (χ3n) is 1.64. The maximum Gasteiger partial charge on any atom is 0.165 e. The summed E-state index contributed by atoms with van der Waals surface area (Å²) in [6.07, 6.45) is 0.369. The van der Waals surface area contributed by atoms with Crippen molar-refractivity contribution in [3.8, 4) is 5.75 Å². The van der Waals surface area contributed by atoms with Crippen molar-refractivity contribution in [3.63, 3.8) is 0 Å². The highest BCUT2D eigenvalue weighted by Gasteiger charge is 2.02. The van der Waals surface area contributed by atoms with Gasteiger partial charge in [0.05, 0.1) is 5.71 Å². The molecule has 1 aromatic rings. The van der Waals surface area contributed by atoms with E-state index in [1.165, 1.54) is 12.1 Å². The summed E-state index contributed by atoms with van der Waals surface area (Å²) in [6.45, 7) is 1.63. The zero-order valence-corrected chi connectivity index (χ0v) is 7.16. The van der Waals surface area contributed by atoms with E-state index in [1.807, 2.05) is 0 Å². The van der Waals surface area contributed by atoms with Crippen LogP contribution in [0, 0.1) is 5.82 Å². The number of oxime groups is 1. The molecular formula is C9H10FNO2. The van der Waals surface area contributed by atoms with Crippen LogP contribution in [0.1, 0.15) is 12.5 Å². The summed E-state index contributed by atoms with van der Waals surface area (Å²) in [5, 5.41) is 20.2. The molecule has 1 aromatic carbocycles. The van der Waals surface area contributed by atoms with E-state index >= 15 is 0 Å². The van der Waals surface area contributed by atoms with E-state index in [-0.39, 0.29) is 5.75 Å². The van der Waals surface area contributed by atoms with Gasteiger partial charge in [-0.15, -0.1) is 0 Å². The molecule has 1 rings (SSSR count). The lowest BCUT2D eigenvalue weighted by Crippen LogP contribution is -1.97. The largest absolute Gasteiger partial charge is 0.505 e. The van der Waals surface area contributed by atoms with E-state index in [4.69, 9.17) is 10.3 Å². The molecule has 0 spiro atoms. The second kappa shape index (κ2) is 3.89. The number of halogens is 1. The summed E-state index contributed by atoms with van der Waals surface area (Å²) in [5.41, 5.74) is 1.15. The fourth-order valence-corrected chi connectivity index (χ4v) is 0.991. The molecule has 0 aromatic heterocycles. The van der Waals surface area contributed by atoms with Crippen molar-refractivity contribution in [1.29, 1.82) is 0 Å². The van der Waals surface area contributed by atoms with Crippen LogP contribution >= 0.6 is 0 Å². The van der Waals surface area contributed by atoms with E-state index in [1.54, 1.807) is 13.0 Å². The SMILES string of the molecule is C/C(Cc1ccc(O)c(F)c1)=N\O. The van der Waals surface area contributed by atoms with Gasteiger partial charge in [0.2, 0.25) is 0 Å². The minimum Gasteiger partial charge on any atom is -0.505 e.